The summed E-state index contributed by atoms with van der Waals surface area (Å²) in [5.41, 5.74) is 5.33. The summed E-state index contributed by atoms with van der Waals surface area (Å²) >= 11 is 0. The summed E-state index contributed by atoms with van der Waals surface area (Å²) in [6.45, 7) is 4.38. The lowest BCUT2D eigenvalue weighted by atomic mass is 9.90. The zero-order valence-electron chi connectivity index (χ0n) is 12.9. The van der Waals surface area contributed by atoms with Gasteiger partial charge in [-0.15, -0.1) is 0 Å². The monoisotopic (exact) mass is 282 g/mol. The standard InChI is InChI=1S/C22H18/c1-15-12-19-14-18-10-6-7-11-20(18)22(21(19)13-16(15)2)17-8-4-3-5-9-17/h3-14H,1-2H3. The number of fused-ring (bicyclic) bond motifs is 2. The van der Waals surface area contributed by atoms with Crippen LogP contribution in [0.4, 0.5) is 0 Å². The molecule has 0 heterocycles. The second-order valence-electron chi connectivity index (χ2n) is 6.00. The molecule has 0 aliphatic carbocycles. The van der Waals surface area contributed by atoms with Crippen LogP contribution in [0.2, 0.25) is 0 Å². The van der Waals surface area contributed by atoms with Crippen molar-refractivity contribution in [2.75, 3.05) is 0 Å². The van der Waals surface area contributed by atoms with Gasteiger partial charge in [-0.3, -0.25) is 0 Å². The summed E-state index contributed by atoms with van der Waals surface area (Å²) in [5.74, 6) is 0. The molecule has 4 aromatic rings. The number of hydrogen-bond acceptors (Lipinski definition) is 0. The molecule has 0 bridgehead atoms. The van der Waals surface area contributed by atoms with E-state index in [1.54, 1.807) is 0 Å². The zero-order chi connectivity index (χ0) is 15.1. The molecule has 0 aliphatic heterocycles. The third-order valence-corrected chi connectivity index (χ3v) is 4.54. The molecule has 0 amide bonds. The largest absolute Gasteiger partial charge is 0.0622 e. The molecule has 106 valence electrons. The molecule has 0 nitrogen and oxygen atoms in total. The van der Waals surface area contributed by atoms with Crippen LogP contribution in [0.5, 0.6) is 0 Å². The van der Waals surface area contributed by atoms with Gasteiger partial charge in [-0.05, 0) is 63.7 Å². The van der Waals surface area contributed by atoms with Crippen molar-refractivity contribution in [1.82, 2.24) is 0 Å². The minimum Gasteiger partial charge on any atom is -0.0622 e. The molecule has 0 atom stereocenters. The molecular weight excluding hydrogens is 264 g/mol. The zero-order valence-corrected chi connectivity index (χ0v) is 12.9. The molecule has 4 rings (SSSR count). The van der Waals surface area contributed by atoms with Gasteiger partial charge >= 0.3 is 0 Å². The van der Waals surface area contributed by atoms with Crippen molar-refractivity contribution in [2.45, 2.75) is 13.8 Å². The summed E-state index contributed by atoms with van der Waals surface area (Å²) in [4.78, 5) is 0. The van der Waals surface area contributed by atoms with E-state index in [2.05, 4.69) is 86.6 Å². The van der Waals surface area contributed by atoms with Gasteiger partial charge < -0.3 is 0 Å². The van der Waals surface area contributed by atoms with Gasteiger partial charge in [0.15, 0.2) is 0 Å². The molecular formula is C22H18. The van der Waals surface area contributed by atoms with Crippen molar-refractivity contribution in [2.24, 2.45) is 0 Å². The first kappa shape index (κ1) is 13.1. The second-order valence-corrected chi connectivity index (χ2v) is 6.00. The van der Waals surface area contributed by atoms with Gasteiger partial charge in [-0.25, -0.2) is 0 Å². The second kappa shape index (κ2) is 4.99. The maximum Gasteiger partial charge on any atom is -0.00267 e. The van der Waals surface area contributed by atoms with E-state index in [0.29, 0.717) is 0 Å². The van der Waals surface area contributed by atoms with Crippen LogP contribution < -0.4 is 0 Å². The Labute approximate surface area is 131 Å². The smallest absolute Gasteiger partial charge is 0.00267 e. The fourth-order valence-corrected chi connectivity index (χ4v) is 3.25. The van der Waals surface area contributed by atoms with Crippen molar-refractivity contribution in [3.8, 4) is 11.1 Å². The van der Waals surface area contributed by atoms with Crippen LogP contribution >= 0.6 is 0 Å². The Bertz CT molecular complexity index is 979. The Morgan fingerprint density at radius 2 is 1.23 bits per heavy atom. The van der Waals surface area contributed by atoms with Gasteiger partial charge in [-0.2, -0.15) is 0 Å². The predicted octanol–water partition coefficient (Wildman–Crippen LogP) is 6.28. The SMILES string of the molecule is Cc1cc2cc3ccccc3c(-c3ccccc3)c2cc1C. The Hall–Kier alpha value is -2.60. The fraction of sp³-hybridized carbons (Fsp3) is 0.0909. The summed E-state index contributed by atoms with van der Waals surface area (Å²) in [5, 5.41) is 5.29. The van der Waals surface area contributed by atoms with Gasteiger partial charge in [-0.1, -0.05) is 66.7 Å². The Balaban J connectivity index is 2.24. The molecule has 22 heavy (non-hydrogen) atoms. The number of hydrogen-bond donors (Lipinski definition) is 0. The van der Waals surface area contributed by atoms with Crippen LogP contribution in [0, 0.1) is 13.8 Å². The predicted molar refractivity (Wildman–Crippen MR) is 96.4 cm³/mol. The molecule has 0 saturated heterocycles. The molecule has 0 fully saturated rings. The Morgan fingerprint density at radius 1 is 0.545 bits per heavy atom. The molecule has 0 N–H and O–H groups in total. The Kier molecular flexibility index (Phi) is 2.97. The molecule has 0 aliphatic rings. The lowest BCUT2D eigenvalue weighted by molar-refractivity contribution is 1.37. The molecule has 0 heteroatoms. The first-order valence-corrected chi connectivity index (χ1v) is 7.72. The lowest BCUT2D eigenvalue weighted by Gasteiger charge is -2.14. The molecule has 0 saturated carbocycles. The summed E-state index contributed by atoms with van der Waals surface area (Å²) < 4.78 is 0. The molecule has 4 aromatic carbocycles. The minimum atomic E-state index is 1.28. The van der Waals surface area contributed by atoms with Crippen molar-refractivity contribution in [3.63, 3.8) is 0 Å². The first-order chi connectivity index (χ1) is 10.7. The van der Waals surface area contributed by atoms with Gasteiger partial charge in [0.05, 0.1) is 0 Å². The van der Waals surface area contributed by atoms with Crippen molar-refractivity contribution < 1.29 is 0 Å². The maximum absolute atomic E-state index is 2.33. The number of aryl methyl sites for hydroxylation is 2. The number of rotatable bonds is 1. The topological polar surface area (TPSA) is 0 Å². The van der Waals surface area contributed by atoms with Gasteiger partial charge in [0.25, 0.3) is 0 Å². The molecule has 0 unspecified atom stereocenters. The van der Waals surface area contributed by atoms with Gasteiger partial charge in [0, 0.05) is 0 Å². The van der Waals surface area contributed by atoms with Crippen LogP contribution in [0.1, 0.15) is 11.1 Å². The lowest BCUT2D eigenvalue weighted by Crippen LogP contribution is -1.88. The summed E-state index contributed by atoms with van der Waals surface area (Å²) in [6, 6.07) is 26.3. The van der Waals surface area contributed by atoms with E-state index in [-0.39, 0.29) is 0 Å². The highest BCUT2D eigenvalue weighted by molar-refractivity contribution is 6.12. The molecule has 0 spiro atoms. The minimum absolute atomic E-state index is 1.28. The number of benzene rings is 4. The van der Waals surface area contributed by atoms with Gasteiger partial charge in [0.2, 0.25) is 0 Å². The average molecular weight is 282 g/mol. The van der Waals surface area contributed by atoms with Crippen molar-refractivity contribution in [1.29, 1.82) is 0 Å². The first-order valence-electron chi connectivity index (χ1n) is 7.72. The fourth-order valence-electron chi connectivity index (χ4n) is 3.25. The van der Waals surface area contributed by atoms with Gasteiger partial charge in [0.1, 0.15) is 0 Å². The highest BCUT2D eigenvalue weighted by atomic mass is 14.1. The molecule has 0 radical (unpaired) electrons. The third-order valence-electron chi connectivity index (χ3n) is 4.54. The highest BCUT2D eigenvalue weighted by Crippen LogP contribution is 2.37. The average Bonchev–Trinajstić information content (AvgIpc) is 2.55. The summed E-state index contributed by atoms with van der Waals surface area (Å²) in [7, 11) is 0. The van der Waals surface area contributed by atoms with Crippen LogP contribution in [-0.2, 0) is 0 Å². The van der Waals surface area contributed by atoms with Crippen molar-refractivity contribution >= 4 is 21.5 Å². The normalized spacial score (nSPS) is 11.2. The quantitative estimate of drug-likeness (QED) is 0.360. The summed E-state index contributed by atoms with van der Waals surface area (Å²) in [6.07, 6.45) is 0. The van der Waals surface area contributed by atoms with Crippen LogP contribution in [0.3, 0.4) is 0 Å². The van der Waals surface area contributed by atoms with Crippen LogP contribution in [-0.4, -0.2) is 0 Å². The van der Waals surface area contributed by atoms with E-state index in [0.717, 1.165) is 0 Å². The van der Waals surface area contributed by atoms with E-state index in [9.17, 15) is 0 Å². The molecule has 0 aromatic heterocycles. The van der Waals surface area contributed by atoms with E-state index in [4.69, 9.17) is 0 Å². The third kappa shape index (κ3) is 2.00. The van der Waals surface area contributed by atoms with Crippen molar-refractivity contribution in [3.05, 3.63) is 83.9 Å². The Morgan fingerprint density at radius 3 is 2.05 bits per heavy atom. The van der Waals surface area contributed by atoms with E-state index in [1.807, 2.05) is 0 Å². The maximum atomic E-state index is 2.33. The van der Waals surface area contributed by atoms with E-state index >= 15 is 0 Å². The van der Waals surface area contributed by atoms with Crippen LogP contribution in [0.15, 0.2) is 72.8 Å². The highest BCUT2D eigenvalue weighted by Gasteiger charge is 2.10. The van der Waals surface area contributed by atoms with E-state index < -0.39 is 0 Å². The van der Waals surface area contributed by atoms with E-state index in [1.165, 1.54) is 43.8 Å². The van der Waals surface area contributed by atoms with Crippen LogP contribution in [0.25, 0.3) is 32.7 Å².